The van der Waals surface area contributed by atoms with E-state index in [1.807, 2.05) is 4.90 Å². The Morgan fingerprint density at radius 3 is 2.72 bits per heavy atom. The number of rotatable bonds is 3. The molecule has 4 nitrogen and oxygen atoms in total. The van der Waals surface area contributed by atoms with Crippen molar-refractivity contribution < 1.29 is 9.90 Å². The summed E-state index contributed by atoms with van der Waals surface area (Å²) in [6, 6.07) is 0. The molecule has 2 N–H and O–H groups in total. The highest BCUT2D eigenvalue weighted by Gasteiger charge is 2.26. The second kappa shape index (κ2) is 6.53. The van der Waals surface area contributed by atoms with Crippen LogP contribution in [0.3, 0.4) is 0 Å². The van der Waals surface area contributed by atoms with E-state index in [2.05, 4.69) is 12.2 Å². The highest BCUT2D eigenvalue weighted by atomic mass is 16.3. The van der Waals surface area contributed by atoms with Crippen LogP contribution in [0.1, 0.15) is 39.0 Å². The van der Waals surface area contributed by atoms with Gasteiger partial charge in [0.05, 0.1) is 6.10 Å². The average Bonchev–Trinajstić information content (AvgIpc) is 2.40. The van der Waals surface area contributed by atoms with Crippen molar-refractivity contribution in [1.29, 1.82) is 0 Å². The van der Waals surface area contributed by atoms with Crippen molar-refractivity contribution in [1.82, 2.24) is 10.2 Å². The summed E-state index contributed by atoms with van der Waals surface area (Å²) in [5.74, 6) is 1.40. The number of aliphatic hydroxyl groups is 1. The Kier molecular flexibility index (Phi) is 5.01. The summed E-state index contributed by atoms with van der Waals surface area (Å²) >= 11 is 0. The molecule has 4 heteroatoms. The molecular weight excluding hydrogens is 228 g/mol. The Morgan fingerprint density at radius 2 is 2.11 bits per heavy atom. The largest absolute Gasteiger partial charge is 0.393 e. The zero-order valence-electron chi connectivity index (χ0n) is 11.4. The van der Waals surface area contributed by atoms with Gasteiger partial charge < -0.3 is 15.3 Å². The Hall–Kier alpha value is -0.610. The molecule has 104 valence electrons. The Balaban J connectivity index is 1.75. The molecule has 0 bridgehead atoms. The molecule has 2 aliphatic rings. The first-order valence-electron chi connectivity index (χ1n) is 7.33. The molecule has 2 aliphatic heterocycles. The second-order valence-electron chi connectivity index (χ2n) is 5.90. The summed E-state index contributed by atoms with van der Waals surface area (Å²) in [5, 5.41) is 12.9. The third kappa shape index (κ3) is 3.69. The van der Waals surface area contributed by atoms with E-state index >= 15 is 0 Å². The summed E-state index contributed by atoms with van der Waals surface area (Å²) in [5.41, 5.74) is 0. The van der Waals surface area contributed by atoms with Crippen LogP contribution in [0.2, 0.25) is 0 Å². The summed E-state index contributed by atoms with van der Waals surface area (Å²) in [6.07, 6.45) is 4.44. The first kappa shape index (κ1) is 13.8. The number of amides is 1. The molecule has 0 aliphatic carbocycles. The molecule has 2 unspecified atom stereocenters. The van der Waals surface area contributed by atoms with E-state index in [0.717, 1.165) is 39.0 Å². The van der Waals surface area contributed by atoms with E-state index in [1.54, 1.807) is 0 Å². The normalized spacial score (nSPS) is 28.1. The molecule has 2 saturated heterocycles. The van der Waals surface area contributed by atoms with Gasteiger partial charge in [0, 0.05) is 19.5 Å². The number of nitrogens with one attached hydrogen (secondary N) is 1. The van der Waals surface area contributed by atoms with Gasteiger partial charge in [0.1, 0.15) is 0 Å². The number of carbonyl (C=O) groups excluding carboxylic acids is 1. The molecular formula is C14H26N2O2. The van der Waals surface area contributed by atoms with Gasteiger partial charge in [0.15, 0.2) is 0 Å². The van der Waals surface area contributed by atoms with Gasteiger partial charge in [-0.05, 0) is 50.6 Å². The van der Waals surface area contributed by atoms with E-state index in [4.69, 9.17) is 0 Å². The van der Waals surface area contributed by atoms with Crippen LogP contribution >= 0.6 is 0 Å². The van der Waals surface area contributed by atoms with Crippen LogP contribution in [-0.4, -0.2) is 48.2 Å². The van der Waals surface area contributed by atoms with E-state index in [-0.39, 0.29) is 12.0 Å². The lowest BCUT2D eigenvalue weighted by molar-refractivity contribution is -0.134. The van der Waals surface area contributed by atoms with Crippen LogP contribution in [-0.2, 0) is 4.79 Å². The number of carbonyl (C=O) groups is 1. The topological polar surface area (TPSA) is 52.6 Å². The van der Waals surface area contributed by atoms with Gasteiger partial charge in [-0.2, -0.15) is 0 Å². The highest BCUT2D eigenvalue weighted by Crippen LogP contribution is 2.24. The zero-order chi connectivity index (χ0) is 13.0. The number of aliphatic hydroxyl groups excluding tert-OH is 1. The predicted octanol–water partition coefficient (Wildman–Crippen LogP) is 0.995. The molecule has 0 aromatic carbocycles. The van der Waals surface area contributed by atoms with Crippen molar-refractivity contribution in [2.24, 2.45) is 11.8 Å². The zero-order valence-corrected chi connectivity index (χ0v) is 11.4. The SMILES string of the molecule is CC(CC(=O)N1CCC(O)CC1)C1CCCNC1. The lowest BCUT2D eigenvalue weighted by atomic mass is 9.85. The molecule has 18 heavy (non-hydrogen) atoms. The molecule has 0 spiro atoms. The molecule has 2 rings (SSSR count). The van der Waals surface area contributed by atoms with Crippen molar-refractivity contribution in [2.75, 3.05) is 26.2 Å². The quantitative estimate of drug-likeness (QED) is 0.790. The van der Waals surface area contributed by atoms with Crippen molar-refractivity contribution in [3.05, 3.63) is 0 Å². The third-order valence-electron chi connectivity index (χ3n) is 4.45. The highest BCUT2D eigenvalue weighted by molar-refractivity contribution is 5.76. The molecule has 0 aromatic heterocycles. The molecule has 2 fully saturated rings. The van der Waals surface area contributed by atoms with Gasteiger partial charge in [-0.3, -0.25) is 4.79 Å². The summed E-state index contributed by atoms with van der Waals surface area (Å²) in [4.78, 5) is 14.1. The summed E-state index contributed by atoms with van der Waals surface area (Å²) in [7, 11) is 0. The van der Waals surface area contributed by atoms with E-state index in [1.165, 1.54) is 12.8 Å². The lowest BCUT2D eigenvalue weighted by Gasteiger charge is -2.33. The fourth-order valence-electron chi connectivity index (χ4n) is 3.05. The maximum absolute atomic E-state index is 12.2. The number of hydrogen-bond donors (Lipinski definition) is 2. The van der Waals surface area contributed by atoms with Gasteiger partial charge in [0.2, 0.25) is 5.91 Å². The Labute approximate surface area is 110 Å². The lowest BCUT2D eigenvalue weighted by Crippen LogP contribution is -2.42. The maximum atomic E-state index is 12.2. The van der Waals surface area contributed by atoms with Crippen LogP contribution in [0, 0.1) is 11.8 Å². The van der Waals surface area contributed by atoms with Crippen LogP contribution < -0.4 is 5.32 Å². The number of likely N-dealkylation sites (tertiary alicyclic amines) is 1. The maximum Gasteiger partial charge on any atom is 0.222 e. The molecule has 2 heterocycles. The van der Waals surface area contributed by atoms with Gasteiger partial charge in [-0.15, -0.1) is 0 Å². The minimum atomic E-state index is -0.200. The smallest absolute Gasteiger partial charge is 0.222 e. The third-order valence-corrected chi connectivity index (χ3v) is 4.45. The molecule has 0 radical (unpaired) electrons. The van der Waals surface area contributed by atoms with Crippen molar-refractivity contribution in [3.8, 4) is 0 Å². The van der Waals surface area contributed by atoms with Crippen LogP contribution in [0.5, 0.6) is 0 Å². The Morgan fingerprint density at radius 1 is 1.39 bits per heavy atom. The summed E-state index contributed by atoms with van der Waals surface area (Å²) in [6.45, 7) is 5.86. The van der Waals surface area contributed by atoms with Crippen molar-refractivity contribution in [3.63, 3.8) is 0 Å². The van der Waals surface area contributed by atoms with Gasteiger partial charge in [-0.1, -0.05) is 6.92 Å². The standard InChI is InChI=1S/C14H26N2O2/c1-11(12-3-2-6-15-10-12)9-14(18)16-7-4-13(17)5-8-16/h11-13,15,17H,2-10H2,1H3. The van der Waals surface area contributed by atoms with Crippen molar-refractivity contribution in [2.45, 2.75) is 45.1 Å². The average molecular weight is 254 g/mol. The fourth-order valence-corrected chi connectivity index (χ4v) is 3.05. The number of hydrogen-bond acceptors (Lipinski definition) is 3. The minimum Gasteiger partial charge on any atom is -0.393 e. The van der Waals surface area contributed by atoms with Crippen molar-refractivity contribution >= 4 is 5.91 Å². The summed E-state index contributed by atoms with van der Waals surface area (Å²) < 4.78 is 0. The van der Waals surface area contributed by atoms with Crippen LogP contribution in [0.25, 0.3) is 0 Å². The molecule has 0 aromatic rings. The van der Waals surface area contributed by atoms with Gasteiger partial charge >= 0.3 is 0 Å². The first-order valence-corrected chi connectivity index (χ1v) is 7.33. The number of nitrogens with zero attached hydrogens (tertiary/aromatic N) is 1. The second-order valence-corrected chi connectivity index (χ2v) is 5.90. The van der Waals surface area contributed by atoms with E-state index < -0.39 is 0 Å². The predicted molar refractivity (Wildman–Crippen MR) is 71.2 cm³/mol. The van der Waals surface area contributed by atoms with Gasteiger partial charge in [0.25, 0.3) is 0 Å². The minimum absolute atomic E-state index is 0.200. The van der Waals surface area contributed by atoms with Crippen LogP contribution in [0.4, 0.5) is 0 Å². The van der Waals surface area contributed by atoms with Crippen LogP contribution in [0.15, 0.2) is 0 Å². The van der Waals surface area contributed by atoms with Gasteiger partial charge in [-0.25, -0.2) is 0 Å². The monoisotopic (exact) mass is 254 g/mol. The van der Waals surface area contributed by atoms with E-state index in [9.17, 15) is 9.90 Å². The Bertz CT molecular complexity index is 269. The molecule has 0 saturated carbocycles. The first-order chi connectivity index (χ1) is 8.66. The number of piperidine rings is 2. The molecule has 1 amide bonds. The van der Waals surface area contributed by atoms with E-state index in [0.29, 0.717) is 18.3 Å². The molecule has 2 atom stereocenters. The fraction of sp³-hybridized carbons (Fsp3) is 0.929.